The van der Waals surface area contributed by atoms with Crippen LogP contribution >= 0.6 is 0 Å². The van der Waals surface area contributed by atoms with E-state index in [0.29, 0.717) is 25.6 Å². The molecule has 0 aliphatic heterocycles. The van der Waals surface area contributed by atoms with Crippen molar-refractivity contribution in [2.24, 2.45) is 0 Å². The molecule has 0 spiro atoms. The van der Waals surface area contributed by atoms with E-state index in [1.54, 1.807) is 0 Å². The number of nitrogens with one attached hydrogen (secondary N) is 2. The highest BCUT2D eigenvalue weighted by molar-refractivity contribution is 5.78. The van der Waals surface area contributed by atoms with Crippen molar-refractivity contribution in [1.29, 1.82) is 0 Å². The molecule has 0 aromatic rings. The number of carboxylic acid groups (broad SMARTS) is 1. The summed E-state index contributed by atoms with van der Waals surface area (Å²) in [6.45, 7) is 0.787. The van der Waals surface area contributed by atoms with E-state index in [-0.39, 0.29) is 12.3 Å². The molecule has 1 saturated carbocycles. The normalized spacial score (nSPS) is 15.1. The zero-order valence-electron chi connectivity index (χ0n) is 8.08. The molecular formula is C9H16N2O3. The van der Waals surface area contributed by atoms with E-state index in [2.05, 4.69) is 10.6 Å². The summed E-state index contributed by atoms with van der Waals surface area (Å²) in [5.74, 6) is -0.877. The van der Waals surface area contributed by atoms with Gasteiger partial charge in [-0.25, -0.2) is 0 Å². The molecule has 80 valence electrons. The van der Waals surface area contributed by atoms with Crippen LogP contribution in [-0.2, 0) is 9.59 Å². The van der Waals surface area contributed by atoms with Crippen molar-refractivity contribution in [3.63, 3.8) is 0 Å². The number of hydrogen-bond acceptors (Lipinski definition) is 3. The van der Waals surface area contributed by atoms with Crippen LogP contribution in [0, 0.1) is 0 Å². The summed E-state index contributed by atoms with van der Waals surface area (Å²) in [5, 5.41) is 14.1. The van der Waals surface area contributed by atoms with Gasteiger partial charge in [0.05, 0.1) is 6.54 Å². The van der Waals surface area contributed by atoms with Crippen molar-refractivity contribution in [2.45, 2.75) is 31.7 Å². The fraction of sp³-hybridized carbons (Fsp3) is 0.778. The van der Waals surface area contributed by atoms with Crippen LogP contribution in [0.5, 0.6) is 0 Å². The maximum atomic E-state index is 11.1. The molecule has 5 nitrogen and oxygen atoms in total. The van der Waals surface area contributed by atoms with Gasteiger partial charge in [0, 0.05) is 19.0 Å². The van der Waals surface area contributed by atoms with Gasteiger partial charge in [-0.05, 0) is 19.3 Å². The SMILES string of the molecule is O=C(O)CCCNC(=O)CNC1CC1. The average Bonchev–Trinajstić information content (AvgIpc) is 2.92. The van der Waals surface area contributed by atoms with Crippen LogP contribution in [0.4, 0.5) is 0 Å². The van der Waals surface area contributed by atoms with Gasteiger partial charge in [-0.1, -0.05) is 0 Å². The summed E-state index contributed by atoms with van der Waals surface area (Å²) in [7, 11) is 0. The van der Waals surface area contributed by atoms with Gasteiger partial charge in [0.15, 0.2) is 0 Å². The Morgan fingerprint density at radius 2 is 2.07 bits per heavy atom. The number of carbonyl (C=O) groups excluding carboxylic acids is 1. The van der Waals surface area contributed by atoms with Crippen LogP contribution in [0.2, 0.25) is 0 Å². The number of rotatable bonds is 7. The van der Waals surface area contributed by atoms with Crippen LogP contribution in [-0.4, -0.2) is 36.1 Å². The summed E-state index contributed by atoms with van der Waals surface area (Å²) < 4.78 is 0. The number of aliphatic carboxylic acids is 1. The minimum atomic E-state index is -0.824. The lowest BCUT2D eigenvalue weighted by Crippen LogP contribution is -2.35. The van der Waals surface area contributed by atoms with E-state index >= 15 is 0 Å². The van der Waals surface area contributed by atoms with Crippen molar-refractivity contribution < 1.29 is 14.7 Å². The zero-order valence-corrected chi connectivity index (χ0v) is 8.08. The molecule has 5 heteroatoms. The summed E-state index contributed by atoms with van der Waals surface area (Å²) >= 11 is 0. The van der Waals surface area contributed by atoms with Crippen molar-refractivity contribution in [3.05, 3.63) is 0 Å². The molecule has 0 aromatic heterocycles. The Bertz CT molecular complexity index is 214. The zero-order chi connectivity index (χ0) is 10.4. The summed E-state index contributed by atoms with van der Waals surface area (Å²) in [6, 6.07) is 0.528. The highest BCUT2D eigenvalue weighted by Crippen LogP contribution is 2.17. The van der Waals surface area contributed by atoms with Gasteiger partial charge < -0.3 is 15.7 Å². The molecule has 0 saturated heterocycles. The first-order valence-corrected chi connectivity index (χ1v) is 4.90. The molecule has 0 aromatic carbocycles. The molecule has 0 atom stereocenters. The van der Waals surface area contributed by atoms with E-state index in [9.17, 15) is 9.59 Å². The van der Waals surface area contributed by atoms with E-state index in [0.717, 1.165) is 12.8 Å². The smallest absolute Gasteiger partial charge is 0.303 e. The van der Waals surface area contributed by atoms with Gasteiger partial charge in [-0.15, -0.1) is 0 Å². The summed E-state index contributed by atoms with van der Waals surface area (Å²) in [4.78, 5) is 21.2. The van der Waals surface area contributed by atoms with E-state index in [1.165, 1.54) is 0 Å². The molecule has 0 bridgehead atoms. The lowest BCUT2D eigenvalue weighted by atomic mass is 10.3. The lowest BCUT2D eigenvalue weighted by molar-refractivity contribution is -0.137. The number of hydrogen-bond donors (Lipinski definition) is 3. The number of amides is 1. The number of carboxylic acids is 1. The molecule has 1 aliphatic rings. The molecule has 3 N–H and O–H groups in total. The van der Waals surface area contributed by atoms with E-state index in [1.807, 2.05) is 0 Å². The van der Waals surface area contributed by atoms with E-state index < -0.39 is 5.97 Å². The van der Waals surface area contributed by atoms with Crippen molar-refractivity contribution in [2.75, 3.05) is 13.1 Å². The van der Waals surface area contributed by atoms with Crippen LogP contribution in [0.3, 0.4) is 0 Å². The van der Waals surface area contributed by atoms with Crippen molar-refractivity contribution in [3.8, 4) is 0 Å². The van der Waals surface area contributed by atoms with Gasteiger partial charge in [0.25, 0.3) is 0 Å². The molecule has 0 radical (unpaired) electrons. The second-order valence-electron chi connectivity index (χ2n) is 3.50. The molecular weight excluding hydrogens is 184 g/mol. The number of carbonyl (C=O) groups is 2. The predicted octanol–water partition coefficient (Wildman–Crippen LogP) is -0.281. The highest BCUT2D eigenvalue weighted by Gasteiger charge is 2.20. The van der Waals surface area contributed by atoms with Crippen LogP contribution < -0.4 is 10.6 Å². The Kier molecular flexibility index (Phi) is 4.39. The molecule has 1 amide bonds. The van der Waals surface area contributed by atoms with E-state index in [4.69, 9.17) is 5.11 Å². The second kappa shape index (κ2) is 5.59. The topological polar surface area (TPSA) is 78.4 Å². The molecule has 14 heavy (non-hydrogen) atoms. The highest BCUT2D eigenvalue weighted by atomic mass is 16.4. The third kappa shape index (κ3) is 5.53. The molecule has 0 heterocycles. The third-order valence-corrected chi connectivity index (χ3v) is 2.02. The second-order valence-corrected chi connectivity index (χ2v) is 3.50. The maximum Gasteiger partial charge on any atom is 0.303 e. The third-order valence-electron chi connectivity index (χ3n) is 2.02. The van der Waals surface area contributed by atoms with Crippen molar-refractivity contribution in [1.82, 2.24) is 10.6 Å². The Balaban J connectivity index is 1.88. The summed E-state index contributed by atoms with van der Waals surface area (Å²) in [5.41, 5.74) is 0. The van der Waals surface area contributed by atoms with Crippen LogP contribution in [0.15, 0.2) is 0 Å². The molecule has 1 fully saturated rings. The minimum absolute atomic E-state index is 0.0534. The molecule has 1 aliphatic carbocycles. The lowest BCUT2D eigenvalue weighted by Gasteiger charge is -2.04. The Hall–Kier alpha value is -1.10. The Labute approximate surface area is 82.9 Å². The largest absolute Gasteiger partial charge is 0.481 e. The first kappa shape index (κ1) is 11.0. The van der Waals surface area contributed by atoms with Crippen LogP contribution in [0.1, 0.15) is 25.7 Å². The maximum absolute atomic E-state index is 11.1. The van der Waals surface area contributed by atoms with Gasteiger partial charge >= 0.3 is 5.97 Å². The molecule has 0 unspecified atom stereocenters. The fourth-order valence-electron chi connectivity index (χ4n) is 1.05. The fourth-order valence-corrected chi connectivity index (χ4v) is 1.05. The van der Waals surface area contributed by atoms with Gasteiger partial charge in [-0.2, -0.15) is 0 Å². The Morgan fingerprint density at radius 3 is 2.64 bits per heavy atom. The Morgan fingerprint density at radius 1 is 1.36 bits per heavy atom. The van der Waals surface area contributed by atoms with Gasteiger partial charge in [-0.3, -0.25) is 9.59 Å². The summed E-state index contributed by atoms with van der Waals surface area (Å²) in [6.07, 6.45) is 2.92. The minimum Gasteiger partial charge on any atom is -0.481 e. The van der Waals surface area contributed by atoms with Crippen LogP contribution in [0.25, 0.3) is 0 Å². The monoisotopic (exact) mass is 200 g/mol. The standard InChI is InChI=1S/C9H16N2O3/c12-8(6-11-7-3-4-7)10-5-1-2-9(13)14/h7,11H,1-6H2,(H,10,12)(H,13,14). The van der Waals surface area contributed by atoms with Gasteiger partial charge in [0.1, 0.15) is 0 Å². The van der Waals surface area contributed by atoms with Crippen molar-refractivity contribution >= 4 is 11.9 Å². The molecule has 1 rings (SSSR count). The van der Waals surface area contributed by atoms with Gasteiger partial charge in [0.2, 0.25) is 5.91 Å². The average molecular weight is 200 g/mol. The first-order chi connectivity index (χ1) is 6.68. The first-order valence-electron chi connectivity index (χ1n) is 4.90. The predicted molar refractivity (Wildman–Crippen MR) is 50.9 cm³/mol. The quantitative estimate of drug-likeness (QED) is 0.494.